The molecule has 0 spiro atoms. The maximum absolute atomic E-state index is 13.6. The van der Waals surface area contributed by atoms with Gasteiger partial charge in [-0.05, 0) is 49.9 Å². The third-order valence-corrected chi connectivity index (χ3v) is 5.66. The Morgan fingerprint density at radius 2 is 1.62 bits per heavy atom. The zero-order chi connectivity index (χ0) is 21.2. The highest BCUT2D eigenvalue weighted by atomic mass is 16.2. The smallest absolute Gasteiger partial charge is 0.326 e. The van der Waals surface area contributed by atoms with Crippen LogP contribution in [0.5, 0.6) is 0 Å². The Kier molecular flexibility index (Phi) is 5.73. The normalized spacial score (nSPS) is 18.7. The van der Waals surface area contributed by atoms with Crippen molar-refractivity contribution in [3.8, 4) is 0 Å². The number of amides is 4. The number of nitrogens with one attached hydrogen (secondary N) is 1. The topological polar surface area (TPSA) is 69.7 Å². The van der Waals surface area contributed by atoms with Crippen molar-refractivity contribution in [2.45, 2.75) is 33.2 Å². The van der Waals surface area contributed by atoms with Gasteiger partial charge in [-0.1, -0.05) is 48.5 Å². The number of hydrogen-bond acceptors (Lipinski definition) is 3. The summed E-state index contributed by atoms with van der Waals surface area (Å²) >= 11 is 0. The van der Waals surface area contributed by atoms with Gasteiger partial charge in [0, 0.05) is 13.1 Å². The summed E-state index contributed by atoms with van der Waals surface area (Å²) in [7, 11) is 0. The van der Waals surface area contributed by atoms with Crippen LogP contribution in [0.15, 0.2) is 48.5 Å². The van der Waals surface area contributed by atoms with Crippen LogP contribution < -0.4 is 5.32 Å². The van der Waals surface area contributed by atoms with Crippen molar-refractivity contribution in [3.63, 3.8) is 0 Å². The van der Waals surface area contributed by atoms with Crippen molar-refractivity contribution in [1.29, 1.82) is 0 Å². The molecule has 0 aliphatic carbocycles. The van der Waals surface area contributed by atoms with Crippen molar-refractivity contribution in [2.75, 3.05) is 19.6 Å². The van der Waals surface area contributed by atoms with Gasteiger partial charge < -0.3 is 10.2 Å². The lowest BCUT2D eigenvalue weighted by atomic mass is 9.81. The lowest BCUT2D eigenvalue weighted by molar-refractivity contribution is -0.138. The number of likely N-dealkylation sites (N-methyl/N-ethyl adjacent to an activating group) is 1. The van der Waals surface area contributed by atoms with E-state index in [-0.39, 0.29) is 12.5 Å². The molecule has 152 valence electrons. The Balaban J connectivity index is 2.08. The van der Waals surface area contributed by atoms with Gasteiger partial charge in [0.2, 0.25) is 5.91 Å². The summed E-state index contributed by atoms with van der Waals surface area (Å²) in [5, 5.41) is 2.89. The summed E-state index contributed by atoms with van der Waals surface area (Å²) in [6.07, 6.45) is 0. The first-order valence-electron chi connectivity index (χ1n) is 9.90. The summed E-state index contributed by atoms with van der Waals surface area (Å²) in [5.41, 5.74) is 2.13. The Morgan fingerprint density at radius 3 is 2.21 bits per heavy atom. The van der Waals surface area contributed by atoms with Gasteiger partial charge in [0.05, 0.1) is 0 Å². The molecule has 6 heteroatoms. The van der Waals surface area contributed by atoms with E-state index in [1.807, 2.05) is 76.2 Å². The SMILES string of the molecule is CCN(CC)C(=O)CN1C(=O)N[C@](c2ccccc2)(c2ccc(C)c(C)c2)C1=O. The van der Waals surface area contributed by atoms with Gasteiger partial charge in [0.25, 0.3) is 5.91 Å². The molecule has 1 atom stereocenters. The van der Waals surface area contributed by atoms with Gasteiger partial charge in [-0.15, -0.1) is 0 Å². The predicted molar refractivity (Wildman–Crippen MR) is 111 cm³/mol. The number of hydrogen-bond donors (Lipinski definition) is 1. The van der Waals surface area contributed by atoms with E-state index >= 15 is 0 Å². The highest BCUT2D eigenvalue weighted by Crippen LogP contribution is 2.36. The van der Waals surface area contributed by atoms with Crippen molar-refractivity contribution in [3.05, 3.63) is 70.8 Å². The molecule has 0 radical (unpaired) electrons. The van der Waals surface area contributed by atoms with Crippen LogP contribution in [-0.2, 0) is 15.1 Å². The minimum Gasteiger partial charge on any atom is -0.342 e. The Hall–Kier alpha value is -3.15. The molecule has 0 unspecified atom stereocenters. The maximum atomic E-state index is 13.6. The van der Waals surface area contributed by atoms with Crippen LogP contribution in [0, 0.1) is 13.8 Å². The number of carbonyl (C=O) groups excluding carboxylic acids is 3. The fourth-order valence-corrected chi connectivity index (χ4v) is 3.75. The zero-order valence-electron chi connectivity index (χ0n) is 17.4. The molecule has 0 saturated carbocycles. The molecule has 1 aliphatic heterocycles. The number of imide groups is 1. The van der Waals surface area contributed by atoms with Gasteiger partial charge in [-0.2, -0.15) is 0 Å². The third-order valence-electron chi connectivity index (χ3n) is 5.66. The minimum atomic E-state index is -1.35. The van der Waals surface area contributed by atoms with E-state index in [0.717, 1.165) is 16.0 Å². The molecule has 3 rings (SSSR count). The molecule has 1 heterocycles. The molecule has 1 aliphatic rings. The first kappa shape index (κ1) is 20.6. The quantitative estimate of drug-likeness (QED) is 0.767. The molecular weight excluding hydrogens is 366 g/mol. The zero-order valence-corrected chi connectivity index (χ0v) is 17.4. The van der Waals surface area contributed by atoms with Crippen LogP contribution in [0.3, 0.4) is 0 Å². The second-order valence-corrected chi connectivity index (χ2v) is 7.30. The minimum absolute atomic E-state index is 0.248. The Labute approximate surface area is 171 Å². The number of aryl methyl sites for hydroxylation is 2. The largest absolute Gasteiger partial charge is 0.342 e. The predicted octanol–water partition coefficient (Wildman–Crippen LogP) is 2.97. The van der Waals surface area contributed by atoms with Crippen LogP contribution in [0.25, 0.3) is 0 Å². The summed E-state index contributed by atoms with van der Waals surface area (Å²) in [5.74, 6) is -0.681. The van der Waals surface area contributed by atoms with Crippen LogP contribution in [0.2, 0.25) is 0 Å². The van der Waals surface area contributed by atoms with E-state index in [0.29, 0.717) is 24.2 Å². The number of urea groups is 1. The van der Waals surface area contributed by atoms with Crippen molar-refractivity contribution < 1.29 is 14.4 Å². The van der Waals surface area contributed by atoms with Crippen LogP contribution >= 0.6 is 0 Å². The Bertz CT molecular complexity index is 938. The standard InChI is InChI=1S/C23H27N3O3/c1-5-25(6-2)20(27)15-26-21(28)23(24-22(26)29,18-10-8-7-9-11-18)19-13-12-16(3)17(4)14-19/h7-14H,5-6,15H2,1-4H3,(H,24,29)/t23-/m1/s1. The third kappa shape index (κ3) is 3.50. The first-order chi connectivity index (χ1) is 13.8. The van der Waals surface area contributed by atoms with E-state index in [9.17, 15) is 14.4 Å². The first-order valence-corrected chi connectivity index (χ1v) is 9.90. The number of benzene rings is 2. The van der Waals surface area contributed by atoms with Gasteiger partial charge in [-0.25, -0.2) is 4.79 Å². The second kappa shape index (κ2) is 8.07. The van der Waals surface area contributed by atoms with Crippen LogP contribution in [0.4, 0.5) is 4.79 Å². The molecule has 29 heavy (non-hydrogen) atoms. The number of nitrogens with zero attached hydrogens (tertiary/aromatic N) is 2. The maximum Gasteiger partial charge on any atom is 0.326 e. The molecule has 1 fully saturated rings. The van der Waals surface area contributed by atoms with Crippen molar-refractivity contribution in [2.24, 2.45) is 0 Å². The van der Waals surface area contributed by atoms with E-state index in [4.69, 9.17) is 0 Å². The van der Waals surface area contributed by atoms with Gasteiger partial charge in [-0.3, -0.25) is 14.5 Å². The fourth-order valence-electron chi connectivity index (χ4n) is 3.75. The molecule has 0 bridgehead atoms. The highest BCUT2D eigenvalue weighted by molar-refractivity contribution is 6.11. The molecule has 2 aromatic rings. The van der Waals surface area contributed by atoms with Gasteiger partial charge >= 0.3 is 6.03 Å². The monoisotopic (exact) mass is 393 g/mol. The average molecular weight is 393 g/mol. The summed E-state index contributed by atoms with van der Waals surface area (Å²) in [4.78, 5) is 41.7. The fraction of sp³-hybridized carbons (Fsp3) is 0.348. The molecular formula is C23H27N3O3. The number of carbonyl (C=O) groups is 3. The van der Waals surface area contributed by atoms with Gasteiger partial charge in [0.15, 0.2) is 5.54 Å². The summed E-state index contributed by atoms with van der Waals surface area (Å²) in [6, 6.07) is 14.4. The average Bonchev–Trinajstić information content (AvgIpc) is 2.97. The molecule has 2 aromatic carbocycles. The van der Waals surface area contributed by atoms with Crippen molar-refractivity contribution >= 4 is 17.8 Å². The number of rotatable bonds is 6. The molecule has 0 aromatic heterocycles. The van der Waals surface area contributed by atoms with Crippen LogP contribution in [0.1, 0.15) is 36.1 Å². The lowest BCUT2D eigenvalue weighted by Crippen LogP contribution is -2.46. The van der Waals surface area contributed by atoms with E-state index in [1.165, 1.54) is 0 Å². The lowest BCUT2D eigenvalue weighted by Gasteiger charge is -2.29. The summed E-state index contributed by atoms with van der Waals surface area (Å²) < 4.78 is 0. The summed E-state index contributed by atoms with van der Waals surface area (Å²) in [6.45, 7) is 8.50. The van der Waals surface area contributed by atoms with Crippen LogP contribution in [-0.4, -0.2) is 47.3 Å². The molecule has 1 saturated heterocycles. The highest BCUT2D eigenvalue weighted by Gasteiger charge is 2.54. The van der Waals surface area contributed by atoms with Gasteiger partial charge in [0.1, 0.15) is 6.54 Å². The second-order valence-electron chi connectivity index (χ2n) is 7.30. The molecule has 1 N–H and O–H groups in total. The Morgan fingerprint density at radius 1 is 0.966 bits per heavy atom. The van der Waals surface area contributed by atoms with E-state index < -0.39 is 17.5 Å². The van der Waals surface area contributed by atoms with Crippen molar-refractivity contribution in [1.82, 2.24) is 15.1 Å². The van der Waals surface area contributed by atoms with E-state index in [1.54, 1.807) is 4.90 Å². The molecule has 4 amide bonds. The van der Waals surface area contributed by atoms with E-state index in [2.05, 4.69) is 5.32 Å². The molecule has 6 nitrogen and oxygen atoms in total.